The lowest BCUT2D eigenvalue weighted by atomic mass is 9.83. The van der Waals surface area contributed by atoms with E-state index in [1.54, 1.807) is 29.2 Å². The number of piperazine rings is 1. The number of rotatable bonds is 6. The first kappa shape index (κ1) is 22.7. The Kier molecular flexibility index (Phi) is 6.31. The van der Waals surface area contributed by atoms with Crippen LogP contribution in [0.25, 0.3) is 0 Å². The highest BCUT2D eigenvalue weighted by atomic mass is 16.2. The van der Waals surface area contributed by atoms with E-state index in [1.807, 2.05) is 49.1 Å². The highest BCUT2D eigenvalue weighted by molar-refractivity contribution is 6.21. The minimum Gasteiger partial charge on any atom is -0.339 e. The molecule has 0 aliphatic carbocycles. The average Bonchev–Trinajstić information content (AvgIpc) is 3.09. The third kappa shape index (κ3) is 4.40. The molecule has 2 aliphatic rings. The molecule has 0 saturated carbocycles. The fourth-order valence-corrected chi connectivity index (χ4v) is 4.52. The summed E-state index contributed by atoms with van der Waals surface area (Å²) in [6.07, 6.45) is 0.682. The van der Waals surface area contributed by atoms with Gasteiger partial charge in [-0.05, 0) is 38.0 Å². The Morgan fingerprint density at radius 1 is 0.788 bits per heavy atom. The van der Waals surface area contributed by atoms with Crippen LogP contribution in [0.2, 0.25) is 0 Å². The minimum atomic E-state index is -0.625. The molecule has 0 spiro atoms. The Bertz CT molecular complexity index is 1040. The lowest BCUT2D eigenvalue weighted by Crippen LogP contribution is -2.54. The number of amides is 4. The number of fused-ring (bicyclic) bond motifs is 1. The summed E-state index contributed by atoms with van der Waals surface area (Å²) in [5.74, 6) is -0.542. The zero-order valence-electron chi connectivity index (χ0n) is 19.1. The van der Waals surface area contributed by atoms with Crippen molar-refractivity contribution in [1.29, 1.82) is 0 Å². The predicted octanol–water partition coefficient (Wildman–Crippen LogP) is 2.71. The highest BCUT2D eigenvalue weighted by Gasteiger charge is 2.36. The van der Waals surface area contributed by atoms with Gasteiger partial charge in [-0.15, -0.1) is 0 Å². The van der Waals surface area contributed by atoms with E-state index in [0.717, 1.165) is 5.56 Å². The van der Waals surface area contributed by atoms with E-state index in [-0.39, 0.29) is 36.6 Å². The maximum Gasteiger partial charge on any atom is 0.261 e. The Morgan fingerprint density at radius 2 is 1.30 bits per heavy atom. The van der Waals surface area contributed by atoms with E-state index >= 15 is 0 Å². The van der Waals surface area contributed by atoms with Crippen LogP contribution in [0, 0.1) is 0 Å². The molecule has 0 bridgehead atoms. The summed E-state index contributed by atoms with van der Waals surface area (Å²) in [6.45, 7) is 6.06. The Morgan fingerprint density at radius 3 is 1.88 bits per heavy atom. The van der Waals surface area contributed by atoms with Gasteiger partial charge >= 0.3 is 0 Å². The quantitative estimate of drug-likeness (QED) is 0.638. The summed E-state index contributed by atoms with van der Waals surface area (Å²) < 4.78 is 0. The molecule has 0 unspecified atom stereocenters. The second-order valence-corrected chi connectivity index (χ2v) is 9.08. The molecule has 4 amide bonds. The summed E-state index contributed by atoms with van der Waals surface area (Å²) in [5.41, 5.74) is 1.20. The van der Waals surface area contributed by atoms with Crippen LogP contribution < -0.4 is 0 Å². The SMILES string of the molecule is CC(C)(C(=O)N1CCN(C(=O)CCCN2C(=O)c3ccccc3C2=O)CC1)c1ccccc1. The number of nitrogens with zero attached hydrogens (tertiary/aromatic N) is 3. The standard InChI is InChI=1S/C26H29N3O4/c1-26(2,19-9-4-3-5-10-19)25(33)28-17-15-27(16-18-28)22(30)13-8-14-29-23(31)20-11-6-7-12-21(20)24(29)32/h3-7,9-12H,8,13-18H2,1-2H3. The first-order valence-electron chi connectivity index (χ1n) is 11.4. The van der Waals surface area contributed by atoms with Crippen LogP contribution in [0.1, 0.15) is 53.0 Å². The van der Waals surface area contributed by atoms with Crippen molar-refractivity contribution < 1.29 is 19.2 Å². The lowest BCUT2D eigenvalue weighted by Gasteiger charge is -2.39. The van der Waals surface area contributed by atoms with Gasteiger partial charge in [-0.3, -0.25) is 24.1 Å². The van der Waals surface area contributed by atoms with Crippen molar-refractivity contribution in [3.63, 3.8) is 0 Å². The summed E-state index contributed by atoms with van der Waals surface area (Å²) in [4.78, 5) is 55.5. The molecule has 1 fully saturated rings. The van der Waals surface area contributed by atoms with Crippen LogP contribution in [0.5, 0.6) is 0 Å². The second kappa shape index (κ2) is 9.17. The molecule has 2 aromatic rings. The van der Waals surface area contributed by atoms with E-state index in [1.165, 1.54) is 4.90 Å². The predicted molar refractivity (Wildman–Crippen MR) is 124 cm³/mol. The molecule has 0 atom stereocenters. The van der Waals surface area contributed by atoms with Crippen molar-refractivity contribution in [2.75, 3.05) is 32.7 Å². The van der Waals surface area contributed by atoms with Gasteiger partial charge in [0.2, 0.25) is 11.8 Å². The number of hydrogen-bond acceptors (Lipinski definition) is 4. The number of imide groups is 1. The minimum absolute atomic E-state index is 0.0129. The second-order valence-electron chi connectivity index (χ2n) is 9.08. The van der Waals surface area contributed by atoms with E-state index in [9.17, 15) is 19.2 Å². The van der Waals surface area contributed by atoms with Gasteiger partial charge < -0.3 is 9.80 Å². The van der Waals surface area contributed by atoms with Crippen molar-refractivity contribution in [1.82, 2.24) is 14.7 Å². The zero-order valence-corrected chi connectivity index (χ0v) is 19.1. The van der Waals surface area contributed by atoms with Crippen LogP contribution in [0.3, 0.4) is 0 Å². The molecular formula is C26H29N3O4. The van der Waals surface area contributed by atoms with E-state index < -0.39 is 5.41 Å². The Labute approximate surface area is 194 Å². The van der Waals surface area contributed by atoms with Crippen molar-refractivity contribution in [3.05, 3.63) is 71.3 Å². The molecule has 2 aromatic carbocycles. The monoisotopic (exact) mass is 447 g/mol. The van der Waals surface area contributed by atoms with Gasteiger partial charge in [0.25, 0.3) is 11.8 Å². The Balaban J connectivity index is 1.25. The van der Waals surface area contributed by atoms with Crippen molar-refractivity contribution in [2.45, 2.75) is 32.1 Å². The number of benzene rings is 2. The van der Waals surface area contributed by atoms with Gasteiger partial charge in [0.15, 0.2) is 0 Å². The molecule has 0 aromatic heterocycles. The summed E-state index contributed by atoms with van der Waals surface area (Å²) in [5, 5.41) is 0. The van der Waals surface area contributed by atoms with E-state index in [0.29, 0.717) is 43.7 Å². The molecule has 0 N–H and O–H groups in total. The largest absolute Gasteiger partial charge is 0.339 e. The Hall–Kier alpha value is -3.48. The summed E-state index contributed by atoms with van der Waals surface area (Å²) in [6, 6.07) is 16.5. The number of carbonyl (C=O) groups is 4. The average molecular weight is 448 g/mol. The third-order valence-corrected chi connectivity index (χ3v) is 6.60. The van der Waals surface area contributed by atoms with Gasteiger partial charge in [0.1, 0.15) is 0 Å². The number of carbonyl (C=O) groups excluding carboxylic acids is 4. The molecule has 7 heteroatoms. The van der Waals surface area contributed by atoms with Gasteiger partial charge in [0.05, 0.1) is 16.5 Å². The normalized spacial score (nSPS) is 16.2. The molecule has 1 saturated heterocycles. The molecule has 33 heavy (non-hydrogen) atoms. The topological polar surface area (TPSA) is 78.0 Å². The molecule has 2 heterocycles. The van der Waals surface area contributed by atoms with Gasteiger partial charge in [0, 0.05) is 39.1 Å². The van der Waals surface area contributed by atoms with Crippen LogP contribution in [0.4, 0.5) is 0 Å². The molecule has 2 aliphatic heterocycles. The highest BCUT2D eigenvalue weighted by Crippen LogP contribution is 2.26. The molecule has 0 radical (unpaired) electrons. The molecular weight excluding hydrogens is 418 g/mol. The zero-order chi connectivity index (χ0) is 23.6. The molecule has 4 rings (SSSR count). The van der Waals surface area contributed by atoms with Gasteiger partial charge in [-0.2, -0.15) is 0 Å². The maximum atomic E-state index is 13.1. The molecule has 7 nitrogen and oxygen atoms in total. The van der Waals surface area contributed by atoms with Gasteiger partial charge in [-0.25, -0.2) is 0 Å². The third-order valence-electron chi connectivity index (χ3n) is 6.60. The van der Waals surface area contributed by atoms with Crippen molar-refractivity contribution >= 4 is 23.6 Å². The van der Waals surface area contributed by atoms with E-state index in [2.05, 4.69) is 0 Å². The van der Waals surface area contributed by atoms with Crippen LogP contribution in [-0.2, 0) is 15.0 Å². The van der Waals surface area contributed by atoms with Gasteiger partial charge in [-0.1, -0.05) is 42.5 Å². The van der Waals surface area contributed by atoms with Crippen molar-refractivity contribution in [3.8, 4) is 0 Å². The van der Waals surface area contributed by atoms with Crippen LogP contribution in [-0.4, -0.2) is 71.1 Å². The summed E-state index contributed by atoms with van der Waals surface area (Å²) in [7, 11) is 0. The lowest BCUT2D eigenvalue weighted by molar-refractivity contribution is -0.142. The smallest absolute Gasteiger partial charge is 0.261 e. The molecule has 172 valence electrons. The van der Waals surface area contributed by atoms with E-state index in [4.69, 9.17) is 0 Å². The first-order valence-corrected chi connectivity index (χ1v) is 11.4. The van der Waals surface area contributed by atoms with Crippen LogP contribution in [0.15, 0.2) is 54.6 Å². The maximum absolute atomic E-state index is 13.1. The number of hydrogen-bond donors (Lipinski definition) is 0. The van der Waals surface area contributed by atoms with Crippen LogP contribution >= 0.6 is 0 Å². The first-order chi connectivity index (χ1) is 15.8. The fourth-order valence-electron chi connectivity index (χ4n) is 4.52. The van der Waals surface area contributed by atoms with Crippen molar-refractivity contribution in [2.24, 2.45) is 0 Å². The summed E-state index contributed by atoms with van der Waals surface area (Å²) >= 11 is 0. The fraction of sp³-hybridized carbons (Fsp3) is 0.385.